The number of methoxy groups -OCH3 is 1. The number of anilines is 1. The minimum atomic E-state index is -0.141. The average molecular weight is 451 g/mol. The molecule has 6 nitrogen and oxygen atoms in total. The van der Waals surface area contributed by atoms with Gasteiger partial charge in [-0.2, -0.15) is 0 Å². The molecule has 0 saturated heterocycles. The Balaban J connectivity index is 1.59. The Labute approximate surface area is 189 Å². The van der Waals surface area contributed by atoms with E-state index in [0.717, 1.165) is 17.0 Å². The van der Waals surface area contributed by atoms with E-state index >= 15 is 0 Å². The maximum atomic E-state index is 12.4. The highest BCUT2D eigenvalue weighted by Crippen LogP contribution is 2.29. The van der Waals surface area contributed by atoms with E-state index in [-0.39, 0.29) is 11.7 Å². The molecule has 0 radical (unpaired) electrons. The number of halogens is 1. The number of hydrogen-bond donors (Lipinski definition) is 1. The normalized spacial score (nSPS) is 10.6. The molecule has 4 aromatic rings. The van der Waals surface area contributed by atoms with Crippen LogP contribution in [0.5, 0.6) is 5.75 Å². The molecule has 0 bridgehead atoms. The third kappa shape index (κ3) is 5.07. The average Bonchev–Trinajstić information content (AvgIpc) is 3.24. The van der Waals surface area contributed by atoms with E-state index in [9.17, 15) is 4.79 Å². The van der Waals surface area contributed by atoms with Gasteiger partial charge in [-0.25, -0.2) is 0 Å². The van der Waals surface area contributed by atoms with Crippen molar-refractivity contribution in [1.29, 1.82) is 0 Å². The lowest BCUT2D eigenvalue weighted by Crippen LogP contribution is -2.14. The predicted octanol–water partition coefficient (Wildman–Crippen LogP) is 5.33. The standard InChI is InChI=1S/C23H19ClN4O2S/c1-30-20-9-5-6-16(14-20)22-26-27-23(28(22)19-7-3-2-4-8-19)31-15-21(29)25-18-12-10-17(24)11-13-18/h2-14H,15H2,1H3,(H,25,29). The fourth-order valence-electron chi connectivity index (χ4n) is 2.98. The Hall–Kier alpha value is -3.29. The van der Waals surface area contributed by atoms with Crippen LogP contribution in [0.1, 0.15) is 0 Å². The Kier molecular flexibility index (Phi) is 6.54. The van der Waals surface area contributed by atoms with Crippen LogP contribution in [0.25, 0.3) is 17.1 Å². The van der Waals surface area contributed by atoms with Gasteiger partial charge in [-0.15, -0.1) is 10.2 Å². The van der Waals surface area contributed by atoms with Crippen LogP contribution in [-0.2, 0) is 4.79 Å². The minimum Gasteiger partial charge on any atom is -0.497 e. The predicted molar refractivity (Wildman–Crippen MR) is 124 cm³/mol. The molecule has 1 aromatic heterocycles. The second-order valence-corrected chi connectivity index (χ2v) is 7.93. The van der Waals surface area contributed by atoms with Crippen LogP contribution >= 0.6 is 23.4 Å². The maximum Gasteiger partial charge on any atom is 0.234 e. The fraction of sp³-hybridized carbons (Fsp3) is 0.0870. The summed E-state index contributed by atoms with van der Waals surface area (Å²) in [7, 11) is 1.63. The van der Waals surface area contributed by atoms with Gasteiger partial charge in [0, 0.05) is 22.0 Å². The Bertz CT molecular complexity index is 1180. The molecule has 3 aromatic carbocycles. The number of rotatable bonds is 7. The first-order valence-corrected chi connectivity index (χ1v) is 10.8. The van der Waals surface area contributed by atoms with Crippen molar-refractivity contribution in [2.75, 3.05) is 18.2 Å². The number of thioether (sulfide) groups is 1. The van der Waals surface area contributed by atoms with Crippen molar-refractivity contribution in [3.63, 3.8) is 0 Å². The number of amides is 1. The van der Waals surface area contributed by atoms with Gasteiger partial charge < -0.3 is 10.1 Å². The molecular weight excluding hydrogens is 432 g/mol. The molecule has 0 aliphatic heterocycles. The summed E-state index contributed by atoms with van der Waals surface area (Å²) >= 11 is 7.21. The summed E-state index contributed by atoms with van der Waals surface area (Å²) < 4.78 is 7.29. The fourth-order valence-corrected chi connectivity index (χ4v) is 3.86. The van der Waals surface area contributed by atoms with E-state index < -0.39 is 0 Å². The number of nitrogens with one attached hydrogen (secondary N) is 1. The van der Waals surface area contributed by atoms with E-state index in [1.54, 1.807) is 31.4 Å². The second-order valence-electron chi connectivity index (χ2n) is 6.55. The smallest absolute Gasteiger partial charge is 0.234 e. The molecule has 0 fully saturated rings. The molecule has 0 atom stereocenters. The number of para-hydroxylation sites is 1. The lowest BCUT2D eigenvalue weighted by atomic mass is 10.2. The SMILES string of the molecule is COc1cccc(-c2nnc(SCC(=O)Nc3ccc(Cl)cc3)n2-c2ccccc2)c1. The lowest BCUT2D eigenvalue weighted by molar-refractivity contribution is -0.113. The molecule has 0 unspecified atom stereocenters. The molecular formula is C23H19ClN4O2S. The molecule has 0 saturated carbocycles. The highest BCUT2D eigenvalue weighted by molar-refractivity contribution is 7.99. The van der Waals surface area contributed by atoms with E-state index in [0.29, 0.717) is 21.7 Å². The van der Waals surface area contributed by atoms with Crippen molar-refractivity contribution >= 4 is 35.0 Å². The van der Waals surface area contributed by atoms with Crippen LogP contribution in [-0.4, -0.2) is 33.5 Å². The number of carbonyl (C=O) groups is 1. The zero-order chi connectivity index (χ0) is 21.6. The van der Waals surface area contributed by atoms with E-state index in [2.05, 4.69) is 15.5 Å². The van der Waals surface area contributed by atoms with Gasteiger partial charge in [0.2, 0.25) is 5.91 Å². The van der Waals surface area contributed by atoms with E-state index in [1.807, 2.05) is 59.2 Å². The van der Waals surface area contributed by atoms with Gasteiger partial charge in [0.15, 0.2) is 11.0 Å². The Morgan fingerprint density at radius 3 is 2.55 bits per heavy atom. The van der Waals surface area contributed by atoms with Crippen molar-refractivity contribution in [3.8, 4) is 22.8 Å². The molecule has 31 heavy (non-hydrogen) atoms. The number of carbonyl (C=O) groups excluding carboxylic acids is 1. The summed E-state index contributed by atoms with van der Waals surface area (Å²) in [5.41, 5.74) is 2.47. The van der Waals surface area contributed by atoms with Crippen LogP contribution in [0, 0.1) is 0 Å². The summed E-state index contributed by atoms with van der Waals surface area (Å²) in [5.74, 6) is 1.45. The van der Waals surface area contributed by atoms with Crippen LogP contribution in [0.2, 0.25) is 5.02 Å². The van der Waals surface area contributed by atoms with Crippen molar-refractivity contribution in [2.24, 2.45) is 0 Å². The molecule has 4 rings (SSSR count). The van der Waals surface area contributed by atoms with Gasteiger partial charge in [-0.1, -0.05) is 53.7 Å². The third-order valence-corrected chi connectivity index (χ3v) is 5.62. The van der Waals surface area contributed by atoms with Crippen molar-refractivity contribution < 1.29 is 9.53 Å². The van der Waals surface area contributed by atoms with Crippen LogP contribution in [0.4, 0.5) is 5.69 Å². The first-order valence-electron chi connectivity index (χ1n) is 9.47. The van der Waals surface area contributed by atoms with Crippen LogP contribution in [0.3, 0.4) is 0 Å². The maximum absolute atomic E-state index is 12.4. The summed E-state index contributed by atoms with van der Waals surface area (Å²) in [5, 5.41) is 12.9. The van der Waals surface area contributed by atoms with Gasteiger partial charge in [0.25, 0.3) is 0 Å². The minimum absolute atomic E-state index is 0.141. The highest BCUT2D eigenvalue weighted by Gasteiger charge is 2.17. The molecule has 156 valence electrons. The number of hydrogen-bond acceptors (Lipinski definition) is 5. The number of nitrogens with zero attached hydrogens (tertiary/aromatic N) is 3. The molecule has 8 heteroatoms. The van der Waals surface area contributed by atoms with E-state index in [1.165, 1.54) is 11.8 Å². The lowest BCUT2D eigenvalue weighted by Gasteiger charge is -2.11. The molecule has 1 N–H and O–H groups in total. The first-order chi connectivity index (χ1) is 15.1. The number of aromatic nitrogens is 3. The summed E-state index contributed by atoms with van der Waals surface area (Å²) in [6.45, 7) is 0. The number of ether oxygens (including phenoxy) is 1. The van der Waals surface area contributed by atoms with Crippen LogP contribution in [0.15, 0.2) is 84.0 Å². The second kappa shape index (κ2) is 9.68. The quantitative estimate of drug-likeness (QED) is 0.385. The zero-order valence-corrected chi connectivity index (χ0v) is 18.2. The number of benzene rings is 3. The topological polar surface area (TPSA) is 69.0 Å². The first kappa shape index (κ1) is 21.0. The monoisotopic (exact) mass is 450 g/mol. The molecule has 0 aliphatic rings. The Morgan fingerprint density at radius 1 is 1.03 bits per heavy atom. The van der Waals surface area contributed by atoms with Crippen molar-refractivity contribution in [2.45, 2.75) is 5.16 Å². The molecule has 0 aliphatic carbocycles. The summed E-state index contributed by atoms with van der Waals surface area (Å²) in [6.07, 6.45) is 0. The van der Waals surface area contributed by atoms with Crippen LogP contribution < -0.4 is 10.1 Å². The Morgan fingerprint density at radius 2 is 1.81 bits per heavy atom. The van der Waals surface area contributed by atoms with Gasteiger partial charge in [-0.3, -0.25) is 9.36 Å². The van der Waals surface area contributed by atoms with Gasteiger partial charge in [-0.05, 0) is 48.5 Å². The van der Waals surface area contributed by atoms with Crippen molar-refractivity contribution in [1.82, 2.24) is 14.8 Å². The largest absolute Gasteiger partial charge is 0.497 e. The highest BCUT2D eigenvalue weighted by atomic mass is 35.5. The van der Waals surface area contributed by atoms with Gasteiger partial charge >= 0.3 is 0 Å². The summed E-state index contributed by atoms with van der Waals surface area (Å²) in [6, 6.07) is 24.4. The third-order valence-electron chi connectivity index (χ3n) is 4.44. The zero-order valence-electron chi connectivity index (χ0n) is 16.7. The van der Waals surface area contributed by atoms with E-state index in [4.69, 9.17) is 16.3 Å². The molecule has 1 heterocycles. The van der Waals surface area contributed by atoms with Crippen molar-refractivity contribution in [3.05, 3.63) is 83.9 Å². The molecule has 0 spiro atoms. The van der Waals surface area contributed by atoms with Gasteiger partial charge in [0.05, 0.1) is 12.9 Å². The molecule has 1 amide bonds. The van der Waals surface area contributed by atoms with Gasteiger partial charge in [0.1, 0.15) is 5.75 Å². The summed E-state index contributed by atoms with van der Waals surface area (Å²) in [4.78, 5) is 12.4.